The van der Waals surface area contributed by atoms with Gasteiger partial charge in [0.1, 0.15) is 19.0 Å². The topological polar surface area (TPSA) is 66.0 Å². The van der Waals surface area contributed by atoms with Gasteiger partial charge in [-0.05, 0) is 24.3 Å². The number of nitrogens with one attached hydrogen (secondary N) is 2. The summed E-state index contributed by atoms with van der Waals surface area (Å²) in [6, 6.07) is 17.1. The van der Waals surface area contributed by atoms with Crippen molar-refractivity contribution in [1.29, 1.82) is 0 Å². The summed E-state index contributed by atoms with van der Waals surface area (Å²) in [6.07, 6.45) is 0. The minimum atomic E-state index is -0.174. The number of carbonyl (C=O) groups is 1. The van der Waals surface area contributed by atoms with Gasteiger partial charge in [-0.3, -0.25) is 10.2 Å². The van der Waals surface area contributed by atoms with E-state index in [-0.39, 0.29) is 12.5 Å². The molecule has 3 rings (SSSR count). The van der Waals surface area contributed by atoms with E-state index < -0.39 is 0 Å². The van der Waals surface area contributed by atoms with Gasteiger partial charge < -0.3 is 15.0 Å². The standard InChI is InChI=1S/C17H18N4O2/c1-18-17(22)14-9-5-6-10-15(14)23-11-16-20-19-12-21(16)13-7-3-2-4-8-13/h2-10,19H,11-12H2,1H3,(H,18,22). The monoisotopic (exact) mass is 310 g/mol. The number of hydrazone groups is 1. The van der Waals surface area contributed by atoms with Crippen LogP contribution in [0.4, 0.5) is 5.69 Å². The van der Waals surface area contributed by atoms with Crippen molar-refractivity contribution in [3.05, 3.63) is 60.2 Å². The molecule has 0 bridgehead atoms. The SMILES string of the molecule is CNC(=O)c1ccccc1OCC1=NNCN1c1ccccc1. The van der Waals surface area contributed by atoms with Crippen molar-refractivity contribution in [3.8, 4) is 5.75 Å². The van der Waals surface area contributed by atoms with Crippen molar-refractivity contribution in [3.63, 3.8) is 0 Å². The van der Waals surface area contributed by atoms with Crippen LogP contribution in [0.3, 0.4) is 0 Å². The Labute approximate surface area is 134 Å². The lowest BCUT2D eigenvalue weighted by Gasteiger charge is -2.19. The average Bonchev–Trinajstić information content (AvgIpc) is 3.09. The Balaban J connectivity index is 1.72. The second kappa shape index (κ2) is 6.83. The lowest BCUT2D eigenvalue weighted by molar-refractivity contribution is 0.0959. The highest BCUT2D eigenvalue weighted by molar-refractivity contribution is 6.00. The summed E-state index contributed by atoms with van der Waals surface area (Å²) in [6.45, 7) is 0.871. The van der Waals surface area contributed by atoms with Crippen LogP contribution >= 0.6 is 0 Å². The molecule has 118 valence electrons. The maximum atomic E-state index is 11.9. The zero-order valence-electron chi connectivity index (χ0n) is 12.8. The first-order chi connectivity index (χ1) is 11.3. The number of nitrogens with zero attached hydrogens (tertiary/aromatic N) is 2. The molecule has 1 aliphatic rings. The van der Waals surface area contributed by atoms with E-state index in [1.54, 1.807) is 19.2 Å². The van der Waals surface area contributed by atoms with Gasteiger partial charge in [-0.25, -0.2) is 0 Å². The van der Waals surface area contributed by atoms with E-state index in [1.165, 1.54) is 0 Å². The third-order valence-electron chi connectivity index (χ3n) is 3.53. The summed E-state index contributed by atoms with van der Waals surface area (Å²) in [5.41, 5.74) is 4.51. The first kappa shape index (κ1) is 14.9. The van der Waals surface area contributed by atoms with Crippen molar-refractivity contribution >= 4 is 17.4 Å². The summed E-state index contributed by atoms with van der Waals surface area (Å²) in [7, 11) is 1.60. The van der Waals surface area contributed by atoms with E-state index in [2.05, 4.69) is 15.8 Å². The molecular weight excluding hydrogens is 292 g/mol. The van der Waals surface area contributed by atoms with Crippen LogP contribution in [-0.2, 0) is 0 Å². The van der Waals surface area contributed by atoms with Gasteiger partial charge in [0.2, 0.25) is 0 Å². The normalized spacial score (nSPS) is 13.3. The van der Waals surface area contributed by atoms with Crippen LogP contribution < -0.4 is 20.4 Å². The van der Waals surface area contributed by atoms with Gasteiger partial charge in [0, 0.05) is 12.7 Å². The largest absolute Gasteiger partial charge is 0.485 e. The van der Waals surface area contributed by atoms with E-state index in [0.717, 1.165) is 11.5 Å². The van der Waals surface area contributed by atoms with Crippen LogP contribution in [0.2, 0.25) is 0 Å². The van der Waals surface area contributed by atoms with Gasteiger partial charge in [0.05, 0.1) is 5.56 Å². The summed E-state index contributed by atoms with van der Waals surface area (Å²) in [5.74, 6) is 1.13. The van der Waals surface area contributed by atoms with Crippen LogP contribution in [0.25, 0.3) is 0 Å². The molecule has 1 aliphatic heterocycles. The Morgan fingerprint density at radius 2 is 1.96 bits per heavy atom. The quantitative estimate of drug-likeness (QED) is 0.884. The molecule has 1 amide bonds. The van der Waals surface area contributed by atoms with E-state index >= 15 is 0 Å². The molecule has 23 heavy (non-hydrogen) atoms. The molecule has 2 aromatic rings. The minimum absolute atomic E-state index is 0.174. The molecule has 2 aromatic carbocycles. The average molecular weight is 310 g/mol. The molecule has 0 saturated carbocycles. The number of ether oxygens (including phenoxy) is 1. The zero-order valence-corrected chi connectivity index (χ0v) is 12.8. The molecule has 2 N–H and O–H groups in total. The van der Waals surface area contributed by atoms with E-state index in [1.807, 2.05) is 47.4 Å². The fourth-order valence-corrected chi connectivity index (χ4v) is 2.36. The van der Waals surface area contributed by atoms with Crippen LogP contribution in [0.1, 0.15) is 10.4 Å². The van der Waals surface area contributed by atoms with Gasteiger partial charge in [0.25, 0.3) is 5.91 Å². The van der Waals surface area contributed by atoms with Crippen LogP contribution in [-0.4, -0.2) is 32.1 Å². The molecule has 0 radical (unpaired) electrons. The van der Waals surface area contributed by atoms with Crippen LogP contribution in [0.5, 0.6) is 5.75 Å². The fraction of sp³-hybridized carbons (Fsp3) is 0.176. The number of amides is 1. The number of hydrogen-bond donors (Lipinski definition) is 2. The van der Waals surface area contributed by atoms with Crippen molar-refractivity contribution in [2.45, 2.75) is 0 Å². The maximum absolute atomic E-state index is 11.9. The Bertz CT molecular complexity index is 716. The molecule has 0 aromatic heterocycles. The lowest BCUT2D eigenvalue weighted by Crippen LogP contribution is -2.33. The third-order valence-corrected chi connectivity index (χ3v) is 3.53. The summed E-state index contributed by atoms with van der Waals surface area (Å²) in [5, 5.41) is 6.88. The molecule has 0 spiro atoms. The number of anilines is 1. The molecule has 6 heteroatoms. The molecule has 6 nitrogen and oxygen atoms in total. The van der Waals surface area contributed by atoms with Crippen molar-refractivity contribution in [2.75, 3.05) is 25.2 Å². The Hall–Kier alpha value is -3.02. The number of amidine groups is 1. The third kappa shape index (κ3) is 3.26. The summed E-state index contributed by atoms with van der Waals surface area (Å²) >= 11 is 0. The van der Waals surface area contributed by atoms with Gasteiger partial charge in [0.15, 0.2) is 5.84 Å². The summed E-state index contributed by atoms with van der Waals surface area (Å²) < 4.78 is 5.82. The summed E-state index contributed by atoms with van der Waals surface area (Å²) in [4.78, 5) is 13.9. The molecule has 0 aliphatic carbocycles. The number of rotatable bonds is 5. The lowest BCUT2D eigenvalue weighted by atomic mass is 10.2. The molecular formula is C17H18N4O2. The van der Waals surface area contributed by atoms with Gasteiger partial charge >= 0.3 is 0 Å². The first-order valence-electron chi connectivity index (χ1n) is 7.35. The Morgan fingerprint density at radius 3 is 2.74 bits per heavy atom. The highest BCUT2D eigenvalue weighted by Crippen LogP contribution is 2.20. The number of hydrogen-bond acceptors (Lipinski definition) is 5. The molecule has 0 saturated heterocycles. The Kier molecular flexibility index (Phi) is 4.42. The van der Waals surface area contributed by atoms with Crippen molar-refractivity contribution in [1.82, 2.24) is 10.7 Å². The highest BCUT2D eigenvalue weighted by atomic mass is 16.5. The van der Waals surface area contributed by atoms with Crippen LogP contribution in [0, 0.1) is 0 Å². The van der Waals surface area contributed by atoms with E-state index in [0.29, 0.717) is 18.0 Å². The smallest absolute Gasteiger partial charge is 0.254 e. The number of carbonyl (C=O) groups excluding carboxylic acids is 1. The maximum Gasteiger partial charge on any atom is 0.254 e. The predicted octanol–water partition coefficient (Wildman–Crippen LogP) is 1.81. The predicted molar refractivity (Wildman–Crippen MR) is 89.7 cm³/mol. The van der Waals surface area contributed by atoms with E-state index in [4.69, 9.17) is 4.74 Å². The molecule has 1 heterocycles. The second-order valence-corrected chi connectivity index (χ2v) is 4.97. The molecule has 0 unspecified atom stereocenters. The molecule has 0 fully saturated rings. The van der Waals surface area contributed by atoms with Crippen LogP contribution in [0.15, 0.2) is 59.7 Å². The van der Waals surface area contributed by atoms with Gasteiger partial charge in [-0.2, -0.15) is 5.10 Å². The number of para-hydroxylation sites is 2. The van der Waals surface area contributed by atoms with Gasteiger partial charge in [-0.1, -0.05) is 30.3 Å². The zero-order chi connectivity index (χ0) is 16.1. The molecule has 0 atom stereocenters. The van der Waals surface area contributed by atoms with Crippen molar-refractivity contribution < 1.29 is 9.53 Å². The second-order valence-electron chi connectivity index (χ2n) is 4.97. The highest BCUT2D eigenvalue weighted by Gasteiger charge is 2.20. The van der Waals surface area contributed by atoms with E-state index in [9.17, 15) is 4.79 Å². The number of benzene rings is 2. The fourth-order valence-electron chi connectivity index (χ4n) is 2.36. The van der Waals surface area contributed by atoms with Gasteiger partial charge in [-0.15, -0.1) is 0 Å². The minimum Gasteiger partial charge on any atom is -0.485 e. The Morgan fingerprint density at radius 1 is 1.22 bits per heavy atom. The first-order valence-corrected chi connectivity index (χ1v) is 7.35. The van der Waals surface area contributed by atoms with Crippen molar-refractivity contribution in [2.24, 2.45) is 5.10 Å².